The van der Waals surface area contributed by atoms with Crippen molar-refractivity contribution in [1.82, 2.24) is 9.97 Å². The number of aromatic nitrogens is 2. The van der Waals surface area contributed by atoms with Crippen LogP contribution in [0.5, 0.6) is 0 Å². The zero-order valence-corrected chi connectivity index (χ0v) is 17.6. The molecule has 0 atom stereocenters. The fourth-order valence-corrected chi connectivity index (χ4v) is 3.88. The van der Waals surface area contributed by atoms with Crippen LogP contribution in [0.3, 0.4) is 0 Å². The van der Waals surface area contributed by atoms with Crippen LogP contribution in [0.4, 0.5) is 17.1 Å². The van der Waals surface area contributed by atoms with Crippen LogP contribution in [0.1, 0.15) is 16.8 Å². The third kappa shape index (κ3) is 4.04. The van der Waals surface area contributed by atoms with E-state index in [0.29, 0.717) is 0 Å². The molecule has 5 heteroatoms. The summed E-state index contributed by atoms with van der Waals surface area (Å²) in [6.45, 7) is 4.98. The lowest BCUT2D eigenvalue weighted by Crippen LogP contribution is -2.06. The van der Waals surface area contributed by atoms with Crippen LogP contribution in [0, 0.1) is 13.8 Å². The lowest BCUT2D eigenvalue weighted by molar-refractivity contribution is 1.03. The second-order valence-corrected chi connectivity index (χ2v) is 7.85. The molecular weight excluding hydrogens is 412 g/mol. The number of hydrogen-bond donors (Lipinski definition) is 3. The van der Waals surface area contributed by atoms with Crippen LogP contribution in [-0.2, 0) is 6.42 Å². The maximum absolute atomic E-state index is 4.25. The van der Waals surface area contributed by atoms with Gasteiger partial charge < -0.3 is 15.6 Å². The number of pyridine rings is 1. The number of hydrogen-bond acceptors (Lipinski definition) is 3. The molecule has 3 N–H and O–H groups in total. The van der Waals surface area contributed by atoms with Gasteiger partial charge in [0.05, 0.1) is 0 Å². The summed E-state index contributed by atoms with van der Waals surface area (Å²) >= 11 is 3.71. The number of aromatic amines is 1. The van der Waals surface area contributed by atoms with Gasteiger partial charge in [0, 0.05) is 57.1 Å². The summed E-state index contributed by atoms with van der Waals surface area (Å²) < 4.78 is 1.05. The van der Waals surface area contributed by atoms with Crippen molar-refractivity contribution in [2.24, 2.45) is 0 Å². The Bertz CT molecular complexity index is 1120. The Kier molecular flexibility index (Phi) is 5.35. The second kappa shape index (κ2) is 8.07. The first-order valence-electron chi connectivity index (χ1n) is 9.39. The van der Waals surface area contributed by atoms with Gasteiger partial charge in [-0.1, -0.05) is 18.2 Å². The molecule has 0 bridgehead atoms. The first kappa shape index (κ1) is 18.6. The van der Waals surface area contributed by atoms with Gasteiger partial charge in [-0.3, -0.25) is 4.98 Å². The van der Waals surface area contributed by atoms with Gasteiger partial charge >= 0.3 is 0 Å². The van der Waals surface area contributed by atoms with Crippen molar-refractivity contribution < 1.29 is 0 Å². The monoisotopic (exact) mass is 434 g/mol. The molecule has 0 saturated heterocycles. The molecule has 2 heterocycles. The number of fused-ring (bicyclic) bond motifs is 1. The van der Waals surface area contributed by atoms with Gasteiger partial charge in [-0.2, -0.15) is 0 Å². The minimum atomic E-state index is 0.871. The molecule has 0 aliphatic heterocycles. The van der Waals surface area contributed by atoms with Gasteiger partial charge in [-0.15, -0.1) is 0 Å². The Balaban J connectivity index is 1.44. The van der Waals surface area contributed by atoms with Gasteiger partial charge in [0.25, 0.3) is 0 Å². The quantitative estimate of drug-likeness (QED) is 0.331. The first-order valence-corrected chi connectivity index (χ1v) is 10.2. The number of anilines is 3. The van der Waals surface area contributed by atoms with Gasteiger partial charge in [-0.05, 0) is 77.7 Å². The van der Waals surface area contributed by atoms with Crippen LogP contribution in [0.25, 0.3) is 10.9 Å². The summed E-state index contributed by atoms with van der Waals surface area (Å²) in [5, 5.41) is 8.33. The van der Waals surface area contributed by atoms with Gasteiger partial charge in [-0.25, -0.2) is 0 Å². The van der Waals surface area contributed by atoms with Crippen molar-refractivity contribution in [2.45, 2.75) is 20.3 Å². The maximum atomic E-state index is 4.25. The topological polar surface area (TPSA) is 52.7 Å². The van der Waals surface area contributed by atoms with E-state index in [1.165, 1.54) is 22.0 Å². The third-order valence-corrected chi connectivity index (χ3v) is 5.53. The van der Waals surface area contributed by atoms with Crippen LogP contribution in [-0.4, -0.2) is 16.5 Å². The van der Waals surface area contributed by atoms with Crippen LogP contribution in [0.2, 0.25) is 0 Å². The molecule has 0 aliphatic rings. The largest absolute Gasteiger partial charge is 0.384 e. The highest BCUT2D eigenvalue weighted by Crippen LogP contribution is 2.31. The minimum absolute atomic E-state index is 0.871. The highest BCUT2D eigenvalue weighted by atomic mass is 79.9. The number of halogens is 1. The van der Waals surface area contributed by atoms with Crippen LogP contribution >= 0.6 is 15.9 Å². The van der Waals surface area contributed by atoms with E-state index >= 15 is 0 Å². The van der Waals surface area contributed by atoms with E-state index in [-0.39, 0.29) is 0 Å². The average molecular weight is 435 g/mol. The molecule has 0 spiro atoms. The summed E-state index contributed by atoms with van der Waals surface area (Å²) in [6.07, 6.45) is 4.89. The third-order valence-electron chi connectivity index (χ3n) is 4.87. The van der Waals surface area contributed by atoms with Crippen molar-refractivity contribution in [3.05, 3.63) is 82.2 Å². The molecule has 0 unspecified atom stereocenters. The summed E-state index contributed by atoms with van der Waals surface area (Å²) in [7, 11) is 0. The highest BCUT2D eigenvalue weighted by molar-refractivity contribution is 9.10. The average Bonchev–Trinajstić information content (AvgIpc) is 3.09. The van der Waals surface area contributed by atoms with E-state index < -0.39 is 0 Å². The number of H-pyrrole nitrogens is 1. The van der Waals surface area contributed by atoms with E-state index in [9.17, 15) is 0 Å². The molecule has 0 radical (unpaired) electrons. The lowest BCUT2D eigenvalue weighted by atomic mass is 10.1. The molecule has 0 amide bonds. The van der Waals surface area contributed by atoms with E-state index in [4.69, 9.17) is 0 Å². The summed E-state index contributed by atoms with van der Waals surface area (Å²) in [6, 6.07) is 16.8. The predicted octanol–water partition coefficient (Wildman–Crippen LogP) is 6.34. The maximum Gasteiger partial charge on any atom is 0.0488 e. The lowest BCUT2D eigenvalue weighted by Gasteiger charge is -2.15. The molecule has 0 saturated carbocycles. The molecule has 28 heavy (non-hydrogen) atoms. The number of rotatable bonds is 6. The molecule has 4 aromatic rings. The normalized spacial score (nSPS) is 11.0. The molecular formula is C23H23BrN4. The number of aryl methyl sites for hydroxylation is 2. The zero-order valence-electron chi connectivity index (χ0n) is 16.0. The van der Waals surface area contributed by atoms with Crippen molar-refractivity contribution in [3.63, 3.8) is 0 Å². The predicted molar refractivity (Wildman–Crippen MR) is 122 cm³/mol. The highest BCUT2D eigenvalue weighted by Gasteiger charge is 2.08. The minimum Gasteiger partial charge on any atom is -0.384 e. The van der Waals surface area contributed by atoms with Crippen LogP contribution < -0.4 is 10.6 Å². The van der Waals surface area contributed by atoms with E-state index in [0.717, 1.165) is 40.2 Å². The Morgan fingerprint density at radius 2 is 1.89 bits per heavy atom. The van der Waals surface area contributed by atoms with E-state index in [1.54, 1.807) is 0 Å². The number of benzene rings is 2. The summed E-state index contributed by atoms with van der Waals surface area (Å²) in [5.74, 6) is 0. The Morgan fingerprint density at radius 3 is 2.75 bits per heavy atom. The van der Waals surface area contributed by atoms with Crippen LogP contribution in [0.15, 0.2) is 65.4 Å². The van der Waals surface area contributed by atoms with Gasteiger partial charge in [0.1, 0.15) is 0 Å². The Labute approximate surface area is 173 Å². The molecule has 0 fully saturated rings. The molecule has 4 rings (SSSR count). The zero-order chi connectivity index (χ0) is 19.5. The van der Waals surface area contributed by atoms with Gasteiger partial charge in [0.15, 0.2) is 0 Å². The smallest absolute Gasteiger partial charge is 0.0488 e. The molecule has 142 valence electrons. The molecule has 4 nitrogen and oxygen atoms in total. The standard InChI is InChI=1S/C23H23BrN4/c1-15-11-23(20(24)13-22(15)28-18-8-10-25-16(2)12-18)26-9-7-17-14-27-21-6-4-3-5-19(17)21/h3-6,8,10-14,26-27H,7,9H2,1-2H3,(H,25,28). The summed E-state index contributed by atoms with van der Waals surface area (Å²) in [5.41, 5.74) is 7.94. The summed E-state index contributed by atoms with van der Waals surface area (Å²) in [4.78, 5) is 7.59. The number of nitrogens with one attached hydrogen (secondary N) is 3. The second-order valence-electron chi connectivity index (χ2n) is 6.99. The van der Waals surface area contributed by atoms with Gasteiger partial charge in [0.2, 0.25) is 0 Å². The fraction of sp³-hybridized carbons (Fsp3) is 0.174. The van der Waals surface area contributed by atoms with E-state index in [2.05, 4.69) is 86.1 Å². The SMILES string of the molecule is Cc1cc(Nc2cc(Br)c(NCCc3c[nH]c4ccccc34)cc2C)ccn1. The van der Waals surface area contributed by atoms with Crippen molar-refractivity contribution >= 4 is 43.9 Å². The molecule has 0 aliphatic carbocycles. The molecule has 2 aromatic heterocycles. The number of nitrogens with zero attached hydrogens (tertiary/aromatic N) is 1. The number of para-hydroxylation sites is 1. The van der Waals surface area contributed by atoms with Crippen molar-refractivity contribution in [2.75, 3.05) is 17.2 Å². The van der Waals surface area contributed by atoms with Crippen molar-refractivity contribution in [3.8, 4) is 0 Å². The Hall–Kier alpha value is -2.79. The first-order chi connectivity index (χ1) is 13.6. The molecule has 2 aromatic carbocycles. The van der Waals surface area contributed by atoms with E-state index in [1.807, 2.05) is 25.3 Å². The Morgan fingerprint density at radius 1 is 1.04 bits per heavy atom. The van der Waals surface area contributed by atoms with Crippen molar-refractivity contribution in [1.29, 1.82) is 0 Å². The fourth-order valence-electron chi connectivity index (χ4n) is 3.40.